The third-order valence-electron chi connectivity index (χ3n) is 3.80. The van der Waals surface area contributed by atoms with Gasteiger partial charge in [-0.15, -0.1) is 0 Å². The van der Waals surface area contributed by atoms with Crippen molar-refractivity contribution in [1.82, 2.24) is 4.57 Å². The lowest BCUT2D eigenvalue weighted by Gasteiger charge is -2.05. The van der Waals surface area contributed by atoms with E-state index in [9.17, 15) is 4.79 Å². The summed E-state index contributed by atoms with van der Waals surface area (Å²) in [7, 11) is 3.45. The van der Waals surface area contributed by atoms with Crippen molar-refractivity contribution in [2.45, 2.75) is 6.92 Å². The van der Waals surface area contributed by atoms with Gasteiger partial charge in [0.15, 0.2) is 0 Å². The monoisotopic (exact) mass is 279 g/mol. The SMILES string of the molecule is COC(=O)c1ccc(-c2cc3cc(C)ccc3n2C)cc1. The first-order valence-electron chi connectivity index (χ1n) is 6.85. The van der Waals surface area contributed by atoms with Gasteiger partial charge in [0.05, 0.1) is 12.7 Å². The summed E-state index contributed by atoms with van der Waals surface area (Å²) in [4.78, 5) is 11.5. The first kappa shape index (κ1) is 13.4. The number of nitrogens with zero attached hydrogens (tertiary/aromatic N) is 1. The van der Waals surface area contributed by atoms with Crippen LogP contribution in [0.15, 0.2) is 48.5 Å². The number of hydrogen-bond donors (Lipinski definition) is 0. The van der Waals surface area contributed by atoms with Crippen LogP contribution in [0.4, 0.5) is 0 Å². The third-order valence-corrected chi connectivity index (χ3v) is 3.80. The predicted octanol–water partition coefficient (Wildman–Crippen LogP) is 3.94. The minimum absolute atomic E-state index is 0.311. The molecular weight excluding hydrogens is 262 g/mol. The summed E-state index contributed by atoms with van der Waals surface area (Å²) in [5, 5.41) is 1.23. The third kappa shape index (κ3) is 2.31. The van der Waals surface area contributed by atoms with Gasteiger partial charge in [-0.05, 0) is 42.8 Å². The van der Waals surface area contributed by atoms with Crippen LogP contribution in [0.1, 0.15) is 15.9 Å². The van der Waals surface area contributed by atoms with Crippen molar-refractivity contribution in [2.24, 2.45) is 7.05 Å². The van der Waals surface area contributed by atoms with Crippen LogP contribution in [0.25, 0.3) is 22.2 Å². The van der Waals surface area contributed by atoms with Crippen LogP contribution < -0.4 is 0 Å². The van der Waals surface area contributed by atoms with Crippen molar-refractivity contribution in [2.75, 3.05) is 7.11 Å². The molecule has 1 heterocycles. The van der Waals surface area contributed by atoms with E-state index in [4.69, 9.17) is 4.74 Å². The standard InChI is InChI=1S/C18H17NO2/c1-12-4-9-16-15(10-12)11-17(19(16)2)13-5-7-14(8-6-13)18(20)21-3/h4-11H,1-3H3. The Balaban J connectivity index is 2.08. The first-order valence-corrected chi connectivity index (χ1v) is 6.85. The summed E-state index contributed by atoms with van der Waals surface area (Å²) in [6, 6.07) is 16.1. The molecule has 0 aliphatic heterocycles. The number of rotatable bonds is 2. The predicted molar refractivity (Wildman–Crippen MR) is 84.4 cm³/mol. The second kappa shape index (κ2) is 5.09. The molecule has 0 atom stereocenters. The number of carbonyl (C=O) groups is 1. The number of esters is 1. The zero-order valence-corrected chi connectivity index (χ0v) is 12.4. The molecule has 0 aliphatic carbocycles. The summed E-state index contributed by atoms with van der Waals surface area (Å²) in [5.74, 6) is -0.311. The van der Waals surface area contributed by atoms with Crippen LogP contribution in [0.2, 0.25) is 0 Å². The van der Waals surface area contributed by atoms with Crippen LogP contribution >= 0.6 is 0 Å². The number of ether oxygens (including phenoxy) is 1. The fourth-order valence-electron chi connectivity index (χ4n) is 2.64. The lowest BCUT2D eigenvalue weighted by molar-refractivity contribution is 0.0601. The Labute approximate surface area is 123 Å². The lowest BCUT2D eigenvalue weighted by Crippen LogP contribution is -2.00. The highest BCUT2D eigenvalue weighted by Gasteiger charge is 2.10. The van der Waals surface area contributed by atoms with Crippen molar-refractivity contribution in [3.8, 4) is 11.3 Å². The van der Waals surface area contributed by atoms with Gasteiger partial charge < -0.3 is 9.30 Å². The molecule has 0 fully saturated rings. The molecule has 3 heteroatoms. The van der Waals surface area contributed by atoms with E-state index in [1.54, 1.807) is 12.1 Å². The Kier molecular flexibility index (Phi) is 3.26. The van der Waals surface area contributed by atoms with E-state index in [0.717, 1.165) is 11.3 Å². The number of hydrogen-bond acceptors (Lipinski definition) is 2. The van der Waals surface area contributed by atoms with E-state index >= 15 is 0 Å². The zero-order valence-electron chi connectivity index (χ0n) is 12.4. The molecule has 1 aromatic heterocycles. The topological polar surface area (TPSA) is 31.2 Å². The Hall–Kier alpha value is -2.55. The maximum atomic E-state index is 11.5. The number of aryl methyl sites for hydroxylation is 2. The van der Waals surface area contributed by atoms with Gasteiger partial charge in [0, 0.05) is 23.6 Å². The summed E-state index contributed by atoms with van der Waals surface area (Å²) in [6.07, 6.45) is 0. The molecule has 3 aromatic rings. The van der Waals surface area contributed by atoms with Crippen LogP contribution in [0.3, 0.4) is 0 Å². The highest BCUT2D eigenvalue weighted by molar-refractivity contribution is 5.91. The van der Waals surface area contributed by atoms with E-state index < -0.39 is 0 Å². The summed E-state index contributed by atoms with van der Waals surface area (Å²) < 4.78 is 6.89. The van der Waals surface area contributed by atoms with Crippen LogP contribution in [0, 0.1) is 6.92 Å². The van der Waals surface area contributed by atoms with Crippen molar-refractivity contribution in [3.05, 3.63) is 59.7 Å². The highest BCUT2D eigenvalue weighted by atomic mass is 16.5. The molecular formula is C18H17NO2. The zero-order chi connectivity index (χ0) is 15.0. The lowest BCUT2D eigenvalue weighted by atomic mass is 10.1. The summed E-state index contributed by atoms with van der Waals surface area (Å²) in [6.45, 7) is 2.09. The van der Waals surface area contributed by atoms with Gasteiger partial charge >= 0.3 is 5.97 Å². The van der Waals surface area contributed by atoms with Gasteiger partial charge in [-0.1, -0.05) is 23.8 Å². The number of methoxy groups -OCH3 is 1. The van der Waals surface area contributed by atoms with E-state index in [-0.39, 0.29) is 5.97 Å². The Morgan fingerprint density at radius 1 is 1.05 bits per heavy atom. The fraction of sp³-hybridized carbons (Fsp3) is 0.167. The summed E-state index contributed by atoms with van der Waals surface area (Å²) >= 11 is 0. The molecule has 3 nitrogen and oxygen atoms in total. The molecule has 0 amide bonds. The highest BCUT2D eigenvalue weighted by Crippen LogP contribution is 2.28. The minimum atomic E-state index is -0.311. The van der Waals surface area contributed by atoms with E-state index in [1.807, 2.05) is 12.1 Å². The molecule has 0 saturated carbocycles. The van der Waals surface area contributed by atoms with E-state index in [1.165, 1.54) is 23.6 Å². The van der Waals surface area contributed by atoms with Crippen molar-refractivity contribution < 1.29 is 9.53 Å². The van der Waals surface area contributed by atoms with Crippen molar-refractivity contribution in [1.29, 1.82) is 0 Å². The van der Waals surface area contributed by atoms with Gasteiger partial charge in [0.1, 0.15) is 0 Å². The normalized spacial score (nSPS) is 10.8. The first-order chi connectivity index (χ1) is 10.1. The van der Waals surface area contributed by atoms with E-state index in [2.05, 4.69) is 42.8 Å². The number of benzene rings is 2. The number of carbonyl (C=O) groups excluding carboxylic acids is 1. The Morgan fingerprint density at radius 2 is 1.76 bits per heavy atom. The molecule has 3 rings (SSSR count). The quantitative estimate of drug-likeness (QED) is 0.665. The largest absolute Gasteiger partial charge is 0.465 e. The van der Waals surface area contributed by atoms with Gasteiger partial charge in [0.25, 0.3) is 0 Å². The maximum Gasteiger partial charge on any atom is 0.337 e. The molecule has 2 aromatic carbocycles. The molecule has 0 saturated heterocycles. The Bertz CT molecular complexity index is 813. The van der Waals surface area contributed by atoms with Gasteiger partial charge in [0.2, 0.25) is 0 Å². The Morgan fingerprint density at radius 3 is 2.43 bits per heavy atom. The molecule has 0 N–H and O–H groups in total. The average Bonchev–Trinajstić information content (AvgIpc) is 2.83. The van der Waals surface area contributed by atoms with Crippen LogP contribution in [0.5, 0.6) is 0 Å². The molecule has 0 aliphatic rings. The molecule has 0 spiro atoms. The fourth-order valence-corrected chi connectivity index (χ4v) is 2.64. The molecule has 21 heavy (non-hydrogen) atoms. The second-order valence-electron chi connectivity index (χ2n) is 5.22. The van der Waals surface area contributed by atoms with Crippen LogP contribution in [-0.4, -0.2) is 17.6 Å². The van der Waals surface area contributed by atoms with Crippen molar-refractivity contribution >= 4 is 16.9 Å². The van der Waals surface area contributed by atoms with Gasteiger partial charge in [-0.3, -0.25) is 0 Å². The molecule has 0 radical (unpaired) electrons. The molecule has 0 unspecified atom stereocenters. The smallest absolute Gasteiger partial charge is 0.337 e. The molecule has 0 bridgehead atoms. The van der Waals surface area contributed by atoms with Crippen molar-refractivity contribution in [3.63, 3.8) is 0 Å². The number of fused-ring (bicyclic) bond motifs is 1. The minimum Gasteiger partial charge on any atom is -0.465 e. The average molecular weight is 279 g/mol. The van der Waals surface area contributed by atoms with Crippen LogP contribution in [-0.2, 0) is 11.8 Å². The van der Waals surface area contributed by atoms with Gasteiger partial charge in [-0.25, -0.2) is 4.79 Å². The second-order valence-corrected chi connectivity index (χ2v) is 5.22. The van der Waals surface area contributed by atoms with E-state index in [0.29, 0.717) is 5.56 Å². The maximum absolute atomic E-state index is 11.5. The summed E-state index contributed by atoms with van der Waals surface area (Å²) in [5.41, 5.74) is 5.23. The van der Waals surface area contributed by atoms with Gasteiger partial charge in [-0.2, -0.15) is 0 Å². The molecule has 106 valence electrons. The number of aromatic nitrogens is 1.